The van der Waals surface area contributed by atoms with Gasteiger partial charge in [0.2, 0.25) is 12.7 Å². The van der Waals surface area contributed by atoms with E-state index in [4.69, 9.17) is 13.9 Å². The number of carbonyl (C=O) groups excluding carboxylic acids is 1. The van der Waals surface area contributed by atoms with Crippen LogP contribution < -0.4 is 14.8 Å². The predicted molar refractivity (Wildman–Crippen MR) is 87.6 cm³/mol. The lowest BCUT2D eigenvalue weighted by Gasteiger charge is -2.22. The minimum absolute atomic E-state index is 0.123. The average molecular weight is 329 g/mol. The molecule has 1 amide bonds. The van der Waals surface area contributed by atoms with E-state index in [-0.39, 0.29) is 19.2 Å². The van der Waals surface area contributed by atoms with Gasteiger partial charge in [-0.1, -0.05) is 6.07 Å². The lowest BCUT2D eigenvalue weighted by atomic mass is 10.0. The van der Waals surface area contributed by atoms with Crippen LogP contribution in [0.5, 0.6) is 11.5 Å². The lowest BCUT2D eigenvalue weighted by molar-refractivity contribution is -0.117. The van der Waals surface area contributed by atoms with Crippen LogP contribution in [-0.4, -0.2) is 30.0 Å². The molecule has 126 valence electrons. The quantitative estimate of drug-likeness (QED) is 0.794. The molecular formula is C18H19NO5. The largest absolute Gasteiger partial charge is 0.469 e. The van der Waals surface area contributed by atoms with Crippen molar-refractivity contribution in [3.05, 3.63) is 54.0 Å². The van der Waals surface area contributed by atoms with Crippen LogP contribution in [0.15, 0.2) is 47.1 Å². The summed E-state index contributed by atoms with van der Waals surface area (Å²) in [4.78, 5) is 11.9. The molecule has 1 aromatic carbocycles. The molecule has 6 heteroatoms. The van der Waals surface area contributed by atoms with E-state index in [0.29, 0.717) is 23.7 Å². The number of ether oxygens (including phenoxy) is 2. The van der Waals surface area contributed by atoms with Gasteiger partial charge < -0.3 is 24.3 Å². The number of benzene rings is 1. The van der Waals surface area contributed by atoms with Gasteiger partial charge in [-0.05, 0) is 42.8 Å². The summed E-state index contributed by atoms with van der Waals surface area (Å²) >= 11 is 0. The maximum Gasteiger partial charge on any atom is 0.244 e. The summed E-state index contributed by atoms with van der Waals surface area (Å²) in [5.41, 5.74) is -0.253. The van der Waals surface area contributed by atoms with Crippen LogP contribution in [0.3, 0.4) is 0 Å². The van der Waals surface area contributed by atoms with Gasteiger partial charge in [-0.3, -0.25) is 4.79 Å². The number of rotatable bonds is 6. The molecule has 1 aromatic heterocycles. The van der Waals surface area contributed by atoms with E-state index in [1.54, 1.807) is 43.5 Å². The van der Waals surface area contributed by atoms with Crippen molar-refractivity contribution in [2.75, 3.05) is 13.3 Å². The summed E-state index contributed by atoms with van der Waals surface area (Å²) in [5, 5.41) is 13.0. The van der Waals surface area contributed by atoms with Crippen LogP contribution in [0.4, 0.5) is 0 Å². The van der Waals surface area contributed by atoms with Crippen molar-refractivity contribution in [1.82, 2.24) is 5.32 Å². The minimum Gasteiger partial charge on any atom is -0.469 e. The molecule has 0 saturated heterocycles. The molecule has 0 radical (unpaired) electrons. The van der Waals surface area contributed by atoms with Gasteiger partial charge in [-0.2, -0.15) is 0 Å². The van der Waals surface area contributed by atoms with Crippen LogP contribution in [0.1, 0.15) is 18.2 Å². The monoisotopic (exact) mass is 329 g/mol. The topological polar surface area (TPSA) is 80.9 Å². The molecule has 2 aromatic rings. The Bertz CT molecular complexity index is 734. The van der Waals surface area contributed by atoms with Crippen molar-refractivity contribution in [2.45, 2.75) is 18.9 Å². The molecule has 2 N–H and O–H groups in total. The summed E-state index contributed by atoms with van der Waals surface area (Å²) in [6, 6.07) is 8.99. The third-order valence-corrected chi connectivity index (χ3v) is 3.60. The van der Waals surface area contributed by atoms with Gasteiger partial charge in [-0.15, -0.1) is 0 Å². The Labute approximate surface area is 139 Å². The van der Waals surface area contributed by atoms with Crippen LogP contribution in [0.2, 0.25) is 0 Å². The number of aliphatic hydroxyl groups is 1. The molecule has 1 atom stereocenters. The predicted octanol–water partition coefficient (Wildman–Crippen LogP) is 2.13. The van der Waals surface area contributed by atoms with E-state index in [1.807, 2.05) is 6.07 Å². The van der Waals surface area contributed by atoms with Gasteiger partial charge in [0.15, 0.2) is 11.5 Å². The van der Waals surface area contributed by atoms with E-state index >= 15 is 0 Å². The Morgan fingerprint density at radius 3 is 2.96 bits per heavy atom. The third kappa shape index (κ3) is 4.17. The number of hydrogen-bond acceptors (Lipinski definition) is 5. The molecule has 0 bridgehead atoms. The maximum absolute atomic E-state index is 11.9. The fourth-order valence-electron chi connectivity index (χ4n) is 2.38. The summed E-state index contributed by atoms with van der Waals surface area (Å²) in [5.74, 6) is 1.75. The Hall–Kier alpha value is -2.73. The zero-order valence-corrected chi connectivity index (χ0v) is 13.3. The molecule has 0 fully saturated rings. The highest BCUT2D eigenvalue weighted by Crippen LogP contribution is 2.32. The zero-order valence-electron chi connectivity index (χ0n) is 13.3. The van der Waals surface area contributed by atoms with Gasteiger partial charge in [-0.25, -0.2) is 0 Å². The highest BCUT2D eigenvalue weighted by atomic mass is 16.7. The summed E-state index contributed by atoms with van der Waals surface area (Å²) < 4.78 is 15.7. The van der Waals surface area contributed by atoms with Gasteiger partial charge in [0.25, 0.3) is 0 Å². The zero-order chi connectivity index (χ0) is 17.0. The second-order valence-electron chi connectivity index (χ2n) is 5.92. The first kappa shape index (κ1) is 16.1. The molecule has 1 aliphatic rings. The van der Waals surface area contributed by atoms with Crippen molar-refractivity contribution >= 4 is 12.0 Å². The SMILES string of the molecule is CC(O)(CNC(=O)/C=C/c1ccc2c(c1)OCO2)Cc1ccco1. The number of amides is 1. The Balaban J connectivity index is 1.51. The third-order valence-electron chi connectivity index (χ3n) is 3.60. The highest BCUT2D eigenvalue weighted by Gasteiger charge is 2.22. The average Bonchev–Trinajstić information content (AvgIpc) is 3.21. The lowest BCUT2D eigenvalue weighted by Crippen LogP contribution is -2.41. The van der Waals surface area contributed by atoms with Crippen LogP contribution >= 0.6 is 0 Å². The standard InChI is InChI=1S/C18H19NO5/c1-18(21,10-14-3-2-8-22-14)11-19-17(20)7-5-13-4-6-15-16(9-13)24-12-23-15/h2-9,21H,10-12H2,1H3,(H,19,20)/b7-5+. The Kier molecular flexibility index (Phi) is 4.57. The van der Waals surface area contributed by atoms with Gasteiger partial charge >= 0.3 is 0 Å². The van der Waals surface area contributed by atoms with Crippen LogP contribution in [-0.2, 0) is 11.2 Å². The van der Waals surface area contributed by atoms with Crippen molar-refractivity contribution in [3.63, 3.8) is 0 Å². The molecule has 0 saturated carbocycles. The van der Waals surface area contributed by atoms with Crippen molar-refractivity contribution in [3.8, 4) is 11.5 Å². The van der Waals surface area contributed by atoms with E-state index in [0.717, 1.165) is 5.56 Å². The van der Waals surface area contributed by atoms with Gasteiger partial charge in [0.05, 0.1) is 11.9 Å². The van der Waals surface area contributed by atoms with Crippen molar-refractivity contribution < 1.29 is 23.8 Å². The first-order valence-corrected chi connectivity index (χ1v) is 7.62. The van der Waals surface area contributed by atoms with Crippen LogP contribution in [0, 0.1) is 0 Å². The van der Waals surface area contributed by atoms with Crippen molar-refractivity contribution in [1.29, 1.82) is 0 Å². The number of fused-ring (bicyclic) bond motifs is 1. The fourth-order valence-corrected chi connectivity index (χ4v) is 2.38. The van der Waals surface area contributed by atoms with Gasteiger partial charge in [0, 0.05) is 19.0 Å². The molecule has 3 rings (SSSR count). The van der Waals surface area contributed by atoms with Gasteiger partial charge in [0.1, 0.15) is 5.76 Å². The normalized spacial score (nSPS) is 15.4. The maximum atomic E-state index is 11.9. The number of nitrogens with one attached hydrogen (secondary N) is 1. The van der Waals surface area contributed by atoms with Crippen LogP contribution in [0.25, 0.3) is 6.08 Å². The smallest absolute Gasteiger partial charge is 0.244 e. The number of furan rings is 1. The highest BCUT2D eigenvalue weighted by molar-refractivity contribution is 5.91. The fraction of sp³-hybridized carbons (Fsp3) is 0.278. The minimum atomic E-state index is -1.08. The molecular weight excluding hydrogens is 310 g/mol. The number of carbonyl (C=O) groups is 1. The molecule has 0 spiro atoms. The molecule has 1 aliphatic heterocycles. The van der Waals surface area contributed by atoms with Crippen molar-refractivity contribution in [2.24, 2.45) is 0 Å². The van der Waals surface area contributed by atoms with E-state index in [9.17, 15) is 9.90 Å². The second-order valence-corrected chi connectivity index (χ2v) is 5.92. The molecule has 0 aliphatic carbocycles. The van der Waals surface area contributed by atoms with E-state index < -0.39 is 5.60 Å². The summed E-state index contributed by atoms with van der Waals surface area (Å²) in [6.07, 6.45) is 4.98. The van der Waals surface area contributed by atoms with E-state index in [1.165, 1.54) is 6.08 Å². The summed E-state index contributed by atoms with van der Waals surface area (Å²) in [6.45, 7) is 1.99. The Morgan fingerprint density at radius 1 is 1.33 bits per heavy atom. The molecule has 1 unspecified atom stereocenters. The molecule has 2 heterocycles. The number of hydrogen-bond donors (Lipinski definition) is 2. The molecule has 24 heavy (non-hydrogen) atoms. The summed E-state index contributed by atoms with van der Waals surface area (Å²) in [7, 11) is 0. The molecule has 6 nitrogen and oxygen atoms in total. The van der Waals surface area contributed by atoms with E-state index in [2.05, 4.69) is 5.32 Å². The second kappa shape index (κ2) is 6.80. The first-order chi connectivity index (χ1) is 11.5. The first-order valence-electron chi connectivity index (χ1n) is 7.62. The Morgan fingerprint density at radius 2 is 2.17 bits per heavy atom.